The van der Waals surface area contributed by atoms with Crippen LogP contribution in [0.25, 0.3) is 21.8 Å². The van der Waals surface area contributed by atoms with Gasteiger partial charge < -0.3 is 14.0 Å². The molecule has 0 N–H and O–H groups in total. The zero-order valence-electron chi connectivity index (χ0n) is 26.9. The number of aromatic nitrogens is 1. The van der Waals surface area contributed by atoms with Crippen molar-refractivity contribution in [2.75, 3.05) is 13.2 Å². The monoisotopic (exact) mass is 687 g/mol. The fourth-order valence-electron chi connectivity index (χ4n) is 5.53. The molecule has 0 fully saturated rings. The Hall–Kier alpha value is -4.87. The van der Waals surface area contributed by atoms with Crippen LogP contribution >= 0.6 is 0 Å². The molecule has 0 spiro atoms. The zero-order chi connectivity index (χ0) is 35.8. The lowest BCUT2D eigenvalue weighted by Crippen LogP contribution is -2.35. The summed E-state index contributed by atoms with van der Waals surface area (Å²) in [6.07, 6.45) is -7.10. The molecule has 5 nitrogen and oxygen atoms in total. The van der Waals surface area contributed by atoms with E-state index in [2.05, 4.69) is 0 Å². The first-order valence-corrected chi connectivity index (χ1v) is 15.3. The standard InChI is InChI=1S/C37H32F7NO4/c1-5-45-30-12-6-22(32(46)26-10-8-24(14-20(26)2)48-18-36(4,42)34(38)39)16-28(30)29-17-23(7-13-31(29)45)33(47)27-11-9-25(15-21(27)3)49-19-37(43,44)35(40)41/h6-17,34-35H,5,18-19H2,1-4H3. The van der Waals surface area contributed by atoms with Crippen LogP contribution in [0, 0.1) is 13.8 Å². The van der Waals surface area contributed by atoms with E-state index >= 15 is 0 Å². The predicted molar refractivity (Wildman–Crippen MR) is 172 cm³/mol. The van der Waals surface area contributed by atoms with Gasteiger partial charge in [-0.15, -0.1) is 0 Å². The maximum atomic E-state index is 14.0. The van der Waals surface area contributed by atoms with Gasteiger partial charge in [0.25, 0.3) is 6.43 Å². The number of carbonyl (C=O) groups is 2. The molecule has 5 aromatic rings. The first-order valence-electron chi connectivity index (χ1n) is 15.3. The second kappa shape index (κ2) is 13.6. The molecule has 0 aliphatic heterocycles. The zero-order valence-corrected chi connectivity index (χ0v) is 26.9. The van der Waals surface area contributed by atoms with Crippen LogP contribution < -0.4 is 9.47 Å². The van der Waals surface area contributed by atoms with Crippen LogP contribution in [0.5, 0.6) is 11.5 Å². The summed E-state index contributed by atoms with van der Waals surface area (Å²) in [6, 6.07) is 18.8. The van der Waals surface area contributed by atoms with Gasteiger partial charge in [-0.1, -0.05) is 0 Å². The van der Waals surface area contributed by atoms with Crippen molar-refractivity contribution < 1.29 is 49.8 Å². The minimum atomic E-state index is -4.32. The molecule has 1 heterocycles. The minimum absolute atomic E-state index is 0.0834. The molecule has 12 heteroatoms. The van der Waals surface area contributed by atoms with E-state index in [0.29, 0.717) is 45.1 Å². The van der Waals surface area contributed by atoms with Gasteiger partial charge in [0.05, 0.1) is 0 Å². The van der Waals surface area contributed by atoms with E-state index in [1.165, 1.54) is 36.4 Å². The van der Waals surface area contributed by atoms with Crippen LogP contribution in [0.15, 0.2) is 72.8 Å². The molecule has 5 rings (SSSR count). The number of rotatable bonds is 13. The Balaban J connectivity index is 1.44. The van der Waals surface area contributed by atoms with Gasteiger partial charge in [-0.3, -0.25) is 9.59 Å². The number of alkyl halides is 7. The number of hydrogen-bond acceptors (Lipinski definition) is 4. The molecule has 0 saturated heterocycles. The summed E-state index contributed by atoms with van der Waals surface area (Å²) in [4.78, 5) is 27.3. The van der Waals surface area contributed by atoms with Crippen molar-refractivity contribution in [1.82, 2.24) is 4.57 Å². The van der Waals surface area contributed by atoms with Crippen molar-refractivity contribution in [2.45, 2.75) is 58.7 Å². The first-order chi connectivity index (χ1) is 23.0. The number of aryl methyl sites for hydroxylation is 3. The topological polar surface area (TPSA) is 57.5 Å². The van der Waals surface area contributed by atoms with E-state index < -0.39 is 37.7 Å². The van der Waals surface area contributed by atoms with Gasteiger partial charge in [-0.25, -0.2) is 22.0 Å². The summed E-state index contributed by atoms with van der Waals surface area (Å²) in [5.41, 5.74) is 0.976. The smallest absolute Gasteiger partial charge is 0.340 e. The lowest BCUT2D eigenvalue weighted by molar-refractivity contribution is -0.148. The lowest BCUT2D eigenvalue weighted by atomic mass is 9.96. The number of hydrogen-bond donors (Lipinski definition) is 0. The number of benzene rings is 4. The minimum Gasteiger partial charge on any atom is -0.490 e. The van der Waals surface area contributed by atoms with E-state index in [0.717, 1.165) is 18.0 Å². The number of fused-ring (bicyclic) bond motifs is 3. The molecule has 0 bridgehead atoms. The van der Waals surface area contributed by atoms with Gasteiger partial charge >= 0.3 is 12.3 Å². The van der Waals surface area contributed by atoms with Gasteiger partial charge in [0.2, 0.25) is 5.67 Å². The second-order valence-electron chi connectivity index (χ2n) is 12.0. The van der Waals surface area contributed by atoms with Gasteiger partial charge in [-0.2, -0.15) is 8.78 Å². The highest BCUT2D eigenvalue weighted by Crippen LogP contribution is 2.33. The third kappa shape index (κ3) is 7.13. The largest absolute Gasteiger partial charge is 0.490 e. The molecular formula is C37H32F7NO4. The van der Waals surface area contributed by atoms with Crippen LogP contribution in [-0.2, 0) is 6.54 Å². The number of ether oxygens (including phenoxy) is 2. The summed E-state index contributed by atoms with van der Waals surface area (Å²) in [7, 11) is 0. The van der Waals surface area contributed by atoms with Crippen molar-refractivity contribution in [3.8, 4) is 11.5 Å². The highest BCUT2D eigenvalue weighted by atomic mass is 19.3. The molecule has 0 saturated carbocycles. The molecule has 0 amide bonds. The van der Waals surface area contributed by atoms with Crippen LogP contribution in [0.1, 0.15) is 56.8 Å². The SMILES string of the molecule is CCn1c2ccc(C(=O)c3ccc(OCC(C)(F)C(F)F)cc3C)cc2c2cc(C(=O)c3ccc(OCC(F)(F)C(F)F)cc3C)ccc21. The van der Waals surface area contributed by atoms with Gasteiger partial charge in [0, 0.05) is 50.6 Å². The Morgan fingerprint density at radius 3 is 1.51 bits per heavy atom. The van der Waals surface area contributed by atoms with E-state index in [1.807, 2.05) is 17.6 Å². The highest BCUT2D eigenvalue weighted by molar-refractivity contribution is 6.17. The second-order valence-corrected chi connectivity index (χ2v) is 12.0. The number of ketones is 2. The van der Waals surface area contributed by atoms with Gasteiger partial charge in [0.15, 0.2) is 18.2 Å². The normalized spacial score (nSPS) is 13.3. The molecule has 0 radical (unpaired) electrons. The molecule has 1 atom stereocenters. The van der Waals surface area contributed by atoms with Crippen molar-refractivity contribution in [3.63, 3.8) is 0 Å². The van der Waals surface area contributed by atoms with Gasteiger partial charge in [-0.05, 0) is 112 Å². The van der Waals surface area contributed by atoms with E-state index in [4.69, 9.17) is 9.47 Å². The molecule has 0 aliphatic rings. The van der Waals surface area contributed by atoms with Crippen LogP contribution in [0.4, 0.5) is 30.7 Å². The summed E-state index contributed by atoms with van der Waals surface area (Å²) in [6.45, 7) is 4.16. The van der Waals surface area contributed by atoms with Crippen molar-refractivity contribution >= 4 is 33.4 Å². The van der Waals surface area contributed by atoms with Crippen molar-refractivity contribution in [3.05, 3.63) is 106 Å². The van der Waals surface area contributed by atoms with Crippen molar-refractivity contribution in [1.29, 1.82) is 0 Å². The van der Waals surface area contributed by atoms with Crippen LogP contribution in [0.3, 0.4) is 0 Å². The molecule has 258 valence electrons. The fraction of sp³-hybridized carbons (Fsp3) is 0.297. The molecule has 4 aromatic carbocycles. The third-order valence-electron chi connectivity index (χ3n) is 8.32. The third-order valence-corrected chi connectivity index (χ3v) is 8.32. The molecule has 1 aromatic heterocycles. The maximum absolute atomic E-state index is 14.0. The molecule has 1 unspecified atom stereocenters. The average molecular weight is 688 g/mol. The summed E-state index contributed by atoms with van der Waals surface area (Å²) in [5, 5.41) is 1.42. The summed E-state index contributed by atoms with van der Waals surface area (Å²) in [5.74, 6) is -4.95. The van der Waals surface area contributed by atoms with Crippen LogP contribution in [-0.4, -0.2) is 53.8 Å². The molecule has 49 heavy (non-hydrogen) atoms. The lowest BCUT2D eigenvalue weighted by Gasteiger charge is -2.20. The van der Waals surface area contributed by atoms with Crippen LogP contribution in [0.2, 0.25) is 0 Å². The summed E-state index contributed by atoms with van der Waals surface area (Å²) < 4.78 is 103. The van der Waals surface area contributed by atoms with E-state index in [-0.39, 0.29) is 28.6 Å². The van der Waals surface area contributed by atoms with Gasteiger partial charge in [0.1, 0.15) is 18.1 Å². The Kier molecular flexibility index (Phi) is 9.81. The Morgan fingerprint density at radius 1 is 0.673 bits per heavy atom. The van der Waals surface area contributed by atoms with E-state index in [9.17, 15) is 40.3 Å². The number of halogens is 7. The van der Waals surface area contributed by atoms with Crippen molar-refractivity contribution in [2.24, 2.45) is 0 Å². The maximum Gasteiger partial charge on any atom is 0.340 e. The van der Waals surface area contributed by atoms with E-state index in [1.54, 1.807) is 44.2 Å². The highest BCUT2D eigenvalue weighted by Gasteiger charge is 2.41. The summed E-state index contributed by atoms with van der Waals surface area (Å²) >= 11 is 0. The fourth-order valence-corrected chi connectivity index (χ4v) is 5.53. The predicted octanol–water partition coefficient (Wildman–Crippen LogP) is 9.54. The average Bonchev–Trinajstić information content (AvgIpc) is 3.38. The quantitative estimate of drug-likeness (QED) is 0.0914. The first kappa shape index (κ1) is 35.4. The number of carbonyl (C=O) groups excluding carboxylic acids is 2. The molecular weight excluding hydrogens is 655 g/mol. The Bertz CT molecular complexity index is 1910. The number of nitrogens with zero attached hydrogens (tertiary/aromatic N) is 1. The Labute approximate surface area is 277 Å². The molecule has 0 aliphatic carbocycles. The Morgan fingerprint density at radius 2 is 1.12 bits per heavy atom.